The average Bonchev–Trinajstić information content (AvgIpc) is 2.23. The van der Waals surface area contributed by atoms with Crippen molar-refractivity contribution in [3.05, 3.63) is 32.7 Å². The summed E-state index contributed by atoms with van der Waals surface area (Å²) in [5.74, 6) is -0.0677. The van der Waals surface area contributed by atoms with Gasteiger partial charge in [-0.25, -0.2) is 0 Å². The molecule has 1 rings (SSSR count). The van der Waals surface area contributed by atoms with Gasteiger partial charge in [0.25, 0.3) is 5.91 Å². The zero-order chi connectivity index (χ0) is 12.1. The fourth-order valence-electron chi connectivity index (χ4n) is 1.12. The molecule has 1 aromatic carbocycles. The van der Waals surface area contributed by atoms with E-state index in [1.807, 2.05) is 13.0 Å². The van der Waals surface area contributed by atoms with Crippen LogP contribution in [0.3, 0.4) is 0 Å². The van der Waals surface area contributed by atoms with Gasteiger partial charge in [-0.2, -0.15) is 0 Å². The predicted octanol–water partition coefficient (Wildman–Crippen LogP) is 2.57. The van der Waals surface area contributed by atoms with Gasteiger partial charge in [0.15, 0.2) is 0 Å². The highest BCUT2D eigenvalue weighted by Gasteiger charge is 2.08. The molecular weight excluding hydrogens is 338 g/mol. The van der Waals surface area contributed by atoms with Gasteiger partial charge in [-0.15, -0.1) is 0 Å². The Hall–Kier alpha value is -0.390. The van der Waals surface area contributed by atoms with Crippen molar-refractivity contribution in [1.82, 2.24) is 5.32 Å². The molecule has 1 amide bonds. The van der Waals surface area contributed by atoms with Gasteiger partial charge in [0, 0.05) is 27.7 Å². The Bertz CT molecular complexity index is 362. The van der Waals surface area contributed by atoms with Gasteiger partial charge in [-0.05, 0) is 24.1 Å². The third-order valence-corrected chi connectivity index (χ3v) is 2.96. The maximum atomic E-state index is 11.7. The van der Waals surface area contributed by atoms with Crippen LogP contribution >= 0.6 is 31.9 Å². The van der Waals surface area contributed by atoms with Crippen molar-refractivity contribution in [2.75, 3.05) is 13.2 Å². The number of aliphatic hydroxyl groups excluding tert-OH is 1. The summed E-state index contributed by atoms with van der Waals surface area (Å²) in [5.41, 5.74) is 0.589. The highest BCUT2D eigenvalue weighted by molar-refractivity contribution is 9.11. The Morgan fingerprint density at radius 3 is 2.44 bits per heavy atom. The standard InChI is InChI=1S/C11H13Br2NO2/c1-7(6-15)5-14-11(16)8-2-9(12)4-10(13)3-8/h2-4,7,15H,5-6H2,1H3,(H,14,16). The Labute approximate surface area is 111 Å². The number of rotatable bonds is 4. The number of hydrogen-bond donors (Lipinski definition) is 2. The van der Waals surface area contributed by atoms with Crippen LogP contribution in [0.15, 0.2) is 27.1 Å². The van der Waals surface area contributed by atoms with Crippen molar-refractivity contribution in [2.45, 2.75) is 6.92 Å². The smallest absolute Gasteiger partial charge is 0.251 e. The Balaban J connectivity index is 2.66. The van der Waals surface area contributed by atoms with Crippen LogP contribution in [-0.4, -0.2) is 24.2 Å². The van der Waals surface area contributed by atoms with Gasteiger partial charge in [-0.3, -0.25) is 4.79 Å². The lowest BCUT2D eigenvalue weighted by molar-refractivity contribution is 0.0942. The first-order valence-electron chi connectivity index (χ1n) is 4.88. The van der Waals surface area contributed by atoms with Crippen molar-refractivity contribution in [3.63, 3.8) is 0 Å². The van der Waals surface area contributed by atoms with E-state index in [2.05, 4.69) is 37.2 Å². The van der Waals surface area contributed by atoms with E-state index in [0.29, 0.717) is 12.1 Å². The van der Waals surface area contributed by atoms with Crippen LogP contribution in [-0.2, 0) is 0 Å². The van der Waals surface area contributed by atoms with Gasteiger partial charge in [0.1, 0.15) is 0 Å². The van der Waals surface area contributed by atoms with E-state index in [4.69, 9.17) is 5.11 Å². The van der Waals surface area contributed by atoms with Crippen LogP contribution < -0.4 is 5.32 Å². The Morgan fingerprint density at radius 2 is 1.94 bits per heavy atom. The third-order valence-electron chi connectivity index (χ3n) is 2.05. The van der Waals surface area contributed by atoms with Crippen LogP contribution in [0, 0.1) is 5.92 Å². The van der Waals surface area contributed by atoms with Gasteiger partial charge in [0.2, 0.25) is 0 Å². The highest BCUT2D eigenvalue weighted by atomic mass is 79.9. The second kappa shape index (κ2) is 6.37. The average molecular weight is 351 g/mol. The van der Waals surface area contributed by atoms with E-state index in [-0.39, 0.29) is 18.4 Å². The molecule has 0 aromatic heterocycles. The molecule has 0 fully saturated rings. The van der Waals surface area contributed by atoms with E-state index >= 15 is 0 Å². The fourth-order valence-corrected chi connectivity index (χ4v) is 2.41. The van der Waals surface area contributed by atoms with Crippen molar-refractivity contribution >= 4 is 37.8 Å². The molecule has 0 spiro atoms. The molecule has 1 unspecified atom stereocenters. The Kier molecular flexibility index (Phi) is 5.44. The fraction of sp³-hybridized carbons (Fsp3) is 0.364. The number of nitrogens with one attached hydrogen (secondary N) is 1. The number of halogens is 2. The summed E-state index contributed by atoms with van der Waals surface area (Å²) in [4.78, 5) is 11.7. The number of aliphatic hydroxyl groups is 1. The topological polar surface area (TPSA) is 49.3 Å². The molecule has 0 heterocycles. The molecule has 16 heavy (non-hydrogen) atoms. The van der Waals surface area contributed by atoms with Crippen LogP contribution in [0.25, 0.3) is 0 Å². The van der Waals surface area contributed by atoms with E-state index in [1.165, 1.54) is 0 Å². The van der Waals surface area contributed by atoms with Gasteiger partial charge in [0.05, 0.1) is 0 Å². The first kappa shape index (κ1) is 13.7. The van der Waals surface area contributed by atoms with Crippen molar-refractivity contribution in [3.8, 4) is 0 Å². The van der Waals surface area contributed by atoms with Crippen molar-refractivity contribution in [2.24, 2.45) is 5.92 Å². The van der Waals surface area contributed by atoms with E-state index in [0.717, 1.165) is 8.95 Å². The lowest BCUT2D eigenvalue weighted by atomic mass is 10.2. The zero-order valence-electron chi connectivity index (χ0n) is 8.84. The minimum Gasteiger partial charge on any atom is -0.396 e. The van der Waals surface area contributed by atoms with Gasteiger partial charge in [-0.1, -0.05) is 38.8 Å². The maximum absolute atomic E-state index is 11.7. The second-order valence-corrected chi connectivity index (χ2v) is 5.49. The number of benzene rings is 1. The molecule has 0 saturated carbocycles. The first-order chi connectivity index (χ1) is 7.52. The first-order valence-corrected chi connectivity index (χ1v) is 6.46. The molecule has 1 atom stereocenters. The molecular formula is C11H13Br2NO2. The van der Waals surface area contributed by atoms with E-state index in [9.17, 15) is 4.79 Å². The summed E-state index contributed by atoms with van der Waals surface area (Å²) < 4.78 is 1.70. The third kappa shape index (κ3) is 4.23. The SMILES string of the molecule is CC(CO)CNC(=O)c1cc(Br)cc(Br)c1. The van der Waals surface area contributed by atoms with Crippen LogP contribution in [0.4, 0.5) is 0 Å². The second-order valence-electron chi connectivity index (χ2n) is 3.66. The maximum Gasteiger partial charge on any atom is 0.251 e. The summed E-state index contributed by atoms with van der Waals surface area (Å²) in [6, 6.07) is 5.38. The monoisotopic (exact) mass is 349 g/mol. The highest BCUT2D eigenvalue weighted by Crippen LogP contribution is 2.19. The molecule has 88 valence electrons. The molecule has 5 heteroatoms. The van der Waals surface area contributed by atoms with Gasteiger partial charge >= 0.3 is 0 Å². The van der Waals surface area contributed by atoms with Crippen molar-refractivity contribution < 1.29 is 9.90 Å². The number of carbonyl (C=O) groups is 1. The summed E-state index contributed by atoms with van der Waals surface area (Å²) in [6.45, 7) is 2.42. The van der Waals surface area contributed by atoms with E-state index in [1.54, 1.807) is 12.1 Å². The summed E-state index contributed by atoms with van der Waals surface area (Å²) >= 11 is 6.65. The zero-order valence-corrected chi connectivity index (χ0v) is 12.0. The van der Waals surface area contributed by atoms with Crippen molar-refractivity contribution in [1.29, 1.82) is 0 Å². The molecule has 1 aromatic rings. The Morgan fingerprint density at radius 1 is 1.38 bits per heavy atom. The molecule has 0 radical (unpaired) electrons. The summed E-state index contributed by atoms with van der Waals surface area (Å²) in [6.07, 6.45) is 0. The van der Waals surface area contributed by atoms with Crippen LogP contribution in [0.1, 0.15) is 17.3 Å². The lowest BCUT2D eigenvalue weighted by Crippen LogP contribution is -2.29. The number of amides is 1. The quantitative estimate of drug-likeness (QED) is 0.876. The lowest BCUT2D eigenvalue weighted by Gasteiger charge is -2.10. The predicted molar refractivity (Wildman–Crippen MR) is 70.4 cm³/mol. The minimum atomic E-state index is -0.137. The van der Waals surface area contributed by atoms with Crippen LogP contribution in [0.2, 0.25) is 0 Å². The summed E-state index contributed by atoms with van der Waals surface area (Å²) in [5, 5.41) is 11.6. The molecule has 0 aliphatic carbocycles. The number of carbonyl (C=O) groups excluding carboxylic acids is 1. The minimum absolute atomic E-state index is 0.0690. The molecule has 0 aliphatic rings. The number of hydrogen-bond acceptors (Lipinski definition) is 2. The molecule has 3 nitrogen and oxygen atoms in total. The molecule has 0 bridgehead atoms. The molecule has 0 aliphatic heterocycles. The molecule has 2 N–H and O–H groups in total. The van der Waals surface area contributed by atoms with Crippen LogP contribution in [0.5, 0.6) is 0 Å². The summed E-state index contributed by atoms with van der Waals surface area (Å²) in [7, 11) is 0. The largest absolute Gasteiger partial charge is 0.396 e. The normalized spacial score (nSPS) is 12.2. The molecule has 0 saturated heterocycles. The van der Waals surface area contributed by atoms with E-state index < -0.39 is 0 Å². The van der Waals surface area contributed by atoms with Gasteiger partial charge < -0.3 is 10.4 Å².